The second-order valence-corrected chi connectivity index (χ2v) is 4.06. The van der Waals surface area contributed by atoms with Gasteiger partial charge in [0.05, 0.1) is 0 Å². The lowest BCUT2D eigenvalue weighted by atomic mass is 9.88. The van der Waals surface area contributed by atoms with Crippen molar-refractivity contribution < 1.29 is 4.79 Å². The van der Waals surface area contributed by atoms with Crippen molar-refractivity contribution in [1.82, 2.24) is 0 Å². The molecule has 0 unspecified atom stereocenters. The van der Waals surface area contributed by atoms with Gasteiger partial charge in [0.15, 0.2) is 5.78 Å². The lowest BCUT2D eigenvalue weighted by Crippen LogP contribution is -2.06. The van der Waals surface area contributed by atoms with Gasteiger partial charge in [0.1, 0.15) is 0 Å². The van der Waals surface area contributed by atoms with Gasteiger partial charge in [-0.2, -0.15) is 0 Å². The first kappa shape index (κ1) is 11.0. The fourth-order valence-electron chi connectivity index (χ4n) is 2.03. The number of carbonyl (C=O) groups excluding carboxylic acids is 1. The van der Waals surface area contributed by atoms with E-state index in [9.17, 15) is 4.79 Å². The first-order valence-corrected chi connectivity index (χ1v) is 4.95. The summed E-state index contributed by atoms with van der Waals surface area (Å²) in [5, 5.41) is 0. The van der Waals surface area contributed by atoms with Crippen LogP contribution in [0, 0.1) is 34.6 Å². The zero-order valence-corrected chi connectivity index (χ0v) is 9.91. The molecule has 0 bridgehead atoms. The number of Topliss-reactive ketones (excluding diaryl/α,β-unsaturated/α-hetero) is 1. The van der Waals surface area contributed by atoms with Crippen LogP contribution in [0.25, 0.3) is 0 Å². The Labute approximate surface area is 86.1 Å². The molecule has 1 heteroatoms. The van der Waals surface area contributed by atoms with E-state index in [0.717, 1.165) is 16.7 Å². The van der Waals surface area contributed by atoms with E-state index in [-0.39, 0.29) is 5.78 Å². The number of ketones is 1. The van der Waals surface area contributed by atoms with E-state index in [1.807, 2.05) is 13.8 Å². The number of hydrogen-bond acceptors (Lipinski definition) is 1. The van der Waals surface area contributed by atoms with E-state index in [0.29, 0.717) is 0 Å². The number of rotatable bonds is 1. The second-order valence-electron chi connectivity index (χ2n) is 4.06. The van der Waals surface area contributed by atoms with Crippen molar-refractivity contribution in [2.75, 3.05) is 0 Å². The van der Waals surface area contributed by atoms with Crippen LogP contribution in [-0.4, -0.2) is 5.78 Å². The molecule has 0 spiro atoms. The highest BCUT2D eigenvalue weighted by Crippen LogP contribution is 2.26. The van der Waals surface area contributed by atoms with Crippen LogP contribution in [0.2, 0.25) is 0 Å². The molecule has 0 saturated heterocycles. The summed E-state index contributed by atoms with van der Waals surface area (Å²) in [5.41, 5.74) is 6.99. The van der Waals surface area contributed by atoms with Crippen LogP contribution in [-0.2, 0) is 0 Å². The largest absolute Gasteiger partial charge is 0.294 e. The van der Waals surface area contributed by atoms with Crippen molar-refractivity contribution in [3.63, 3.8) is 0 Å². The molecule has 0 aliphatic heterocycles. The fourth-order valence-corrected chi connectivity index (χ4v) is 2.03. The summed E-state index contributed by atoms with van der Waals surface area (Å²) < 4.78 is 0. The molecule has 14 heavy (non-hydrogen) atoms. The minimum absolute atomic E-state index is 0.172. The highest BCUT2D eigenvalue weighted by Gasteiger charge is 2.14. The van der Waals surface area contributed by atoms with Crippen LogP contribution in [0.3, 0.4) is 0 Å². The average Bonchev–Trinajstić information content (AvgIpc) is 2.11. The Bertz CT molecular complexity index is 371. The Morgan fingerprint density at radius 3 is 1.29 bits per heavy atom. The third kappa shape index (κ3) is 1.47. The van der Waals surface area contributed by atoms with Gasteiger partial charge in [0.25, 0.3) is 0 Å². The molecule has 0 fully saturated rings. The van der Waals surface area contributed by atoms with Crippen molar-refractivity contribution in [2.24, 2.45) is 0 Å². The zero-order valence-electron chi connectivity index (χ0n) is 9.91. The molecular weight excluding hydrogens is 172 g/mol. The number of hydrogen-bond donors (Lipinski definition) is 0. The minimum Gasteiger partial charge on any atom is -0.294 e. The van der Waals surface area contributed by atoms with Gasteiger partial charge in [-0.1, -0.05) is 0 Å². The maximum absolute atomic E-state index is 11.5. The molecule has 0 atom stereocenters. The van der Waals surface area contributed by atoms with Crippen LogP contribution in [0.5, 0.6) is 0 Å². The van der Waals surface area contributed by atoms with Gasteiger partial charge in [-0.05, 0) is 69.4 Å². The molecule has 1 aromatic carbocycles. The zero-order chi connectivity index (χ0) is 11.0. The highest BCUT2D eigenvalue weighted by molar-refractivity contribution is 5.97. The number of carbonyl (C=O) groups is 1. The molecule has 0 heterocycles. The highest BCUT2D eigenvalue weighted by atomic mass is 16.1. The minimum atomic E-state index is 0.172. The number of benzene rings is 1. The van der Waals surface area contributed by atoms with Gasteiger partial charge in [-0.25, -0.2) is 0 Å². The first-order valence-electron chi connectivity index (χ1n) is 4.95. The summed E-state index contributed by atoms with van der Waals surface area (Å²) in [6, 6.07) is 0. The Morgan fingerprint density at radius 2 is 1.00 bits per heavy atom. The maximum atomic E-state index is 11.5. The van der Waals surface area contributed by atoms with Gasteiger partial charge in [0, 0.05) is 5.56 Å². The Balaban J connectivity index is 3.68. The van der Waals surface area contributed by atoms with Gasteiger partial charge in [0.2, 0.25) is 0 Å². The molecule has 0 saturated carbocycles. The molecule has 0 N–H and O–H groups in total. The monoisotopic (exact) mass is 190 g/mol. The van der Waals surface area contributed by atoms with E-state index in [4.69, 9.17) is 0 Å². The van der Waals surface area contributed by atoms with Crippen molar-refractivity contribution in [3.05, 3.63) is 33.4 Å². The van der Waals surface area contributed by atoms with Crippen LogP contribution in [0.1, 0.15) is 45.1 Å². The maximum Gasteiger partial charge on any atom is 0.160 e. The Morgan fingerprint density at radius 1 is 0.714 bits per heavy atom. The van der Waals surface area contributed by atoms with Crippen molar-refractivity contribution in [2.45, 2.75) is 41.5 Å². The summed E-state index contributed by atoms with van der Waals surface area (Å²) >= 11 is 0. The molecular formula is C13H18O. The molecule has 1 rings (SSSR count). The van der Waals surface area contributed by atoms with Crippen LogP contribution in [0.15, 0.2) is 0 Å². The first-order chi connectivity index (χ1) is 6.37. The van der Waals surface area contributed by atoms with Crippen LogP contribution in [0.4, 0.5) is 0 Å². The third-order valence-electron chi connectivity index (χ3n) is 3.35. The summed E-state index contributed by atoms with van der Waals surface area (Å²) in [6.07, 6.45) is 0. The van der Waals surface area contributed by atoms with Gasteiger partial charge >= 0.3 is 0 Å². The van der Waals surface area contributed by atoms with E-state index in [1.165, 1.54) is 16.7 Å². The quantitative estimate of drug-likeness (QED) is 0.620. The average molecular weight is 190 g/mol. The Hall–Kier alpha value is -1.11. The second kappa shape index (κ2) is 3.56. The van der Waals surface area contributed by atoms with Gasteiger partial charge in [-0.15, -0.1) is 0 Å². The third-order valence-corrected chi connectivity index (χ3v) is 3.35. The van der Waals surface area contributed by atoms with Crippen molar-refractivity contribution >= 4 is 5.78 Å². The van der Waals surface area contributed by atoms with Gasteiger partial charge < -0.3 is 0 Å². The molecule has 0 aliphatic rings. The predicted octanol–water partition coefficient (Wildman–Crippen LogP) is 3.43. The lowest BCUT2D eigenvalue weighted by molar-refractivity contribution is 0.101. The smallest absolute Gasteiger partial charge is 0.160 e. The molecule has 1 nitrogen and oxygen atoms in total. The van der Waals surface area contributed by atoms with Crippen LogP contribution < -0.4 is 0 Å². The van der Waals surface area contributed by atoms with Crippen molar-refractivity contribution in [3.8, 4) is 0 Å². The normalized spacial score (nSPS) is 10.4. The molecule has 0 aromatic heterocycles. The summed E-state index contributed by atoms with van der Waals surface area (Å²) in [6.45, 7) is 12.0. The SMILES string of the molecule is CC(=O)c1c(C)c(C)c(C)c(C)c1C. The lowest BCUT2D eigenvalue weighted by Gasteiger charge is -2.16. The fraction of sp³-hybridized carbons (Fsp3) is 0.462. The molecule has 0 aliphatic carbocycles. The predicted molar refractivity (Wildman–Crippen MR) is 60.1 cm³/mol. The topological polar surface area (TPSA) is 17.1 Å². The summed E-state index contributed by atoms with van der Waals surface area (Å²) in [4.78, 5) is 11.5. The molecule has 76 valence electrons. The standard InChI is InChI=1S/C13H18O/c1-7-8(2)10(4)13(12(6)14)11(5)9(7)3/h1-6H3. The Kier molecular flexibility index (Phi) is 2.79. The van der Waals surface area contributed by atoms with Crippen molar-refractivity contribution in [1.29, 1.82) is 0 Å². The van der Waals surface area contributed by atoms with Crippen LogP contribution >= 0.6 is 0 Å². The summed E-state index contributed by atoms with van der Waals surface area (Å²) in [7, 11) is 0. The van der Waals surface area contributed by atoms with E-state index in [1.54, 1.807) is 6.92 Å². The van der Waals surface area contributed by atoms with Gasteiger partial charge in [-0.3, -0.25) is 4.79 Å². The molecule has 0 amide bonds. The van der Waals surface area contributed by atoms with E-state index >= 15 is 0 Å². The molecule has 1 aromatic rings. The molecule has 0 radical (unpaired) electrons. The summed E-state index contributed by atoms with van der Waals surface area (Å²) in [5.74, 6) is 0.172. The van der Waals surface area contributed by atoms with E-state index in [2.05, 4.69) is 20.8 Å². The van der Waals surface area contributed by atoms with E-state index < -0.39 is 0 Å².